The van der Waals surface area contributed by atoms with Crippen molar-refractivity contribution in [1.29, 1.82) is 0 Å². The number of aliphatic hydroxyl groups is 1. The van der Waals surface area contributed by atoms with Crippen molar-refractivity contribution in [3.8, 4) is 0 Å². The molecule has 1 aliphatic rings. The third-order valence-corrected chi connectivity index (χ3v) is 2.62. The molecule has 1 fully saturated rings. The zero-order valence-corrected chi connectivity index (χ0v) is 8.70. The van der Waals surface area contributed by atoms with Crippen molar-refractivity contribution in [2.75, 3.05) is 26.7 Å². The van der Waals surface area contributed by atoms with Crippen LogP contribution in [0.1, 0.15) is 26.2 Å². The van der Waals surface area contributed by atoms with E-state index in [2.05, 4.69) is 4.90 Å². The highest BCUT2D eigenvalue weighted by Gasteiger charge is 2.16. The molecule has 0 amide bonds. The Balaban J connectivity index is 2.27. The molecule has 0 aromatic rings. The molecule has 1 N–H and O–H groups in total. The normalized spacial score (nSPS) is 28.4. The highest BCUT2D eigenvalue weighted by atomic mass is 16.5. The van der Waals surface area contributed by atoms with Gasteiger partial charge in [-0.25, -0.2) is 0 Å². The van der Waals surface area contributed by atoms with Crippen LogP contribution in [-0.4, -0.2) is 49.0 Å². The van der Waals surface area contributed by atoms with Crippen molar-refractivity contribution in [2.45, 2.75) is 38.4 Å². The number of β-amino-alcohol motifs (C(OH)–C–C–N with tert-alkyl or cyclic N) is 1. The Morgan fingerprint density at radius 3 is 2.85 bits per heavy atom. The second kappa shape index (κ2) is 5.58. The van der Waals surface area contributed by atoms with Crippen LogP contribution in [0.5, 0.6) is 0 Å². The van der Waals surface area contributed by atoms with Gasteiger partial charge in [-0.3, -0.25) is 0 Å². The Hall–Kier alpha value is -0.120. The minimum atomic E-state index is -0.209. The molecular formula is C10H21NO2. The molecule has 2 atom stereocenters. The first kappa shape index (κ1) is 11.0. The molecule has 78 valence electrons. The first-order valence-corrected chi connectivity index (χ1v) is 5.15. The van der Waals surface area contributed by atoms with E-state index in [1.807, 2.05) is 6.92 Å². The van der Waals surface area contributed by atoms with Gasteiger partial charge in [0.2, 0.25) is 0 Å². The molecule has 0 spiro atoms. The van der Waals surface area contributed by atoms with E-state index in [4.69, 9.17) is 4.74 Å². The molecule has 1 saturated heterocycles. The van der Waals surface area contributed by atoms with Gasteiger partial charge in [0.15, 0.2) is 0 Å². The molecule has 1 heterocycles. The fourth-order valence-electron chi connectivity index (χ4n) is 1.92. The van der Waals surface area contributed by atoms with Crippen LogP contribution in [0.3, 0.4) is 0 Å². The fraction of sp³-hybridized carbons (Fsp3) is 1.00. The van der Waals surface area contributed by atoms with Crippen LogP contribution in [0.4, 0.5) is 0 Å². The van der Waals surface area contributed by atoms with Gasteiger partial charge in [-0.1, -0.05) is 0 Å². The highest BCUT2D eigenvalue weighted by molar-refractivity contribution is 4.71. The molecule has 0 saturated carbocycles. The van der Waals surface area contributed by atoms with Gasteiger partial charge in [0.05, 0.1) is 12.2 Å². The van der Waals surface area contributed by atoms with Crippen LogP contribution >= 0.6 is 0 Å². The number of hydrogen-bond acceptors (Lipinski definition) is 3. The van der Waals surface area contributed by atoms with Crippen LogP contribution in [0.25, 0.3) is 0 Å². The summed E-state index contributed by atoms with van der Waals surface area (Å²) >= 11 is 0. The standard InChI is InChI=1S/C10H21NO2/c1-9(12)8-11-6-3-4-10(13-2)5-7-11/h9-10,12H,3-8H2,1-2H3/t9-,10?/m0/s1. The minimum Gasteiger partial charge on any atom is -0.392 e. The molecule has 1 rings (SSSR count). The molecule has 0 aromatic carbocycles. The lowest BCUT2D eigenvalue weighted by atomic mass is 10.2. The molecular weight excluding hydrogens is 166 g/mol. The van der Waals surface area contributed by atoms with E-state index < -0.39 is 0 Å². The van der Waals surface area contributed by atoms with Gasteiger partial charge in [-0.15, -0.1) is 0 Å². The Morgan fingerprint density at radius 1 is 1.46 bits per heavy atom. The lowest BCUT2D eigenvalue weighted by Crippen LogP contribution is -2.32. The summed E-state index contributed by atoms with van der Waals surface area (Å²) < 4.78 is 5.34. The number of aliphatic hydroxyl groups excluding tert-OH is 1. The number of nitrogens with zero attached hydrogens (tertiary/aromatic N) is 1. The second-order valence-electron chi connectivity index (χ2n) is 3.94. The van der Waals surface area contributed by atoms with Crippen molar-refractivity contribution in [3.05, 3.63) is 0 Å². The van der Waals surface area contributed by atoms with E-state index in [9.17, 15) is 5.11 Å². The fourth-order valence-corrected chi connectivity index (χ4v) is 1.92. The quantitative estimate of drug-likeness (QED) is 0.711. The third kappa shape index (κ3) is 4.07. The van der Waals surface area contributed by atoms with Crippen molar-refractivity contribution < 1.29 is 9.84 Å². The third-order valence-electron chi connectivity index (χ3n) is 2.62. The van der Waals surface area contributed by atoms with Gasteiger partial charge < -0.3 is 14.7 Å². The maximum Gasteiger partial charge on any atom is 0.0639 e. The lowest BCUT2D eigenvalue weighted by Gasteiger charge is -2.21. The van der Waals surface area contributed by atoms with Gasteiger partial charge >= 0.3 is 0 Å². The predicted octanol–water partition coefficient (Wildman–Crippen LogP) is 0.868. The maximum atomic E-state index is 9.25. The number of ether oxygens (including phenoxy) is 1. The SMILES string of the molecule is COC1CCCN(C[C@H](C)O)CC1. The number of rotatable bonds is 3. The summed E-state index contributed by atoms with van der Waals surface area (Å²) in [6.07, 6.45) is 3.67. The van der Waals surface area contributed by atoms with Crippen molar-refractivity contribution in [1.82, 2.24) is 4.90 Å². The zero-order chi connectivity index (χ0) is 9.68. The summed E-state index contributed by atoms with van der Waals surface area (Å²) in [5, 5.41) is 9.25. The first-order chi connectivity index (χ1) is 6.22. The van der Waals surface area contributed by atoms with Crippen LogP contribution < -0.4 is 0 Å². The van der Waals surface area contributed by atoms with Crippen LogP contribution in [-0.2, 0) is 4.74 Å². The molecule has 0 aromatic heterocycles. The van der Waals surface area contributed by atoms with Crippen LogP contribution in [0, 0.1) is 0 Å². The average Bonchev–Trinajstić information content (AvgIpc) is 2.29. The monoisotopic (exact) mass is 187 g/mol. The van der Waals surface area contributed by atoms with E-state index >= 15 is 0 Å². The Bertz CT molecular complexity index is 139. The molecule has 3 heteroatoms. The summed E-state index contributed by atoms with van der Waals surface area (Å²) in [5.74, 6) is 0. The average molecular weight is 187 g/mol. The first-order valence-electron chi connectivity index (χ1n) is 5.15. The van der Waals surface area contributed by atoms with Gasteiger partial charge in [-0.2, -0.15) is 0 Å². The van der Waals surface area contributed by atoms with Gasteiger partial charge in [0.1, 0.15) is 0 Å². The zero-order valence-electron chi connectivity index (χ0n) is 8.70. The number of methoxy groups -OCH3 is 1. The van der Waals surface area contributed by atoms with E-state index in [1.54, 1.807) is 7.11 Å². The van der Waals surface area contributed by atoms with Gasteiger partial charge in [0, 0.05) is 20.2 Å². The number of hydrogen-bond donors (Lipinski definition) is 1. The highest BCUT2D eigenvalue weighted by Crippen LogP contribution is 2.13. The van der Waals surface area contributed by atoms with Crippen molar-refractivity contribution in [3.63, 3.8) is 0 Å². The lowest BCUT2D eigenvalue weighted by molar-refractivity contribution is 0.0855. The topological polar surface area (TPSA) is 32.7 Å². The Labute approximate surface area is 80.7 Å². The molecule has 1 unspecified atom stereocenters. The van der Waals surface area contributed by atoms with E-state index in [0.717, 1.165) is 32.5 Å². The summed E-state index contributed by atoms with van der Waals surface area (Å²) in [5.41, 5.74) is 0. The molecule has 0 aliphatic carbocycles. The molecule has 0 bridgehead atoms. The second-order valence-corrected chi connectivity index (χ2v) is 3.94. The number of likely N-dealkylation sites (tertiary alicyclic amines) is 1. The van der Waals surface area contributed by atoms with E-state index in [0.29, 0.717) is 6.10 Å². The summed E-state index contributed by atoms with van der Waals surface area (Å²) in [6.45, 7) is 4.81. The van der Waals surface area contributed by atoms with E-state index in [-0.39, 0.29) is 6.10 Å². The molecule has 13 heavy (non-hydrogen) atoms. The van der Waals surface area contributed by atoms with E-state index in [1.165, 1.54) is 6.42 Å². The van der Waals surface area contributed by atoms with Crippen LogP contribution in [0.2, 0.25) is 0 Å². The Kier molecular flexibility index (Phi) is 4.70. The largest absolute Gasteiger partial charge is 0.392 e. The maximum absolute atomic E-state index is 9.25. The molecule has 3 nitrogen and oxygen atoms in total. The van der Waals surface area contributed by atoms with Gasteiger partial charge in [-0.05, 0) is 32.7 Å². The van der Waals surface area contributed by atoms with Gasteiger partial charge in [0.25, 0.3) is 0 Å². The predicted molar refractivity (Wildman–Crippen MR) is 52.8 cm³/mol. The molecule has 0 radical (unpaired) electrons. The summed E-state index contributed by atoms with van der Waals surface area (Å²) in [7, 11) is 1.79. The summed E-state index contributed by atoms with van der Waals surface area (Å²) in [6, 6.07) is 0. The summed E-state index contributed by atoms with van der Waals surface area (Å²) in [4.78, 5) is 2.32. The Morgan fingerprint density at radius 2 is 2.23 bits per heavy atom. The minimum absolute atomic E-state index is 0.209. The molecule has 1 aliphatic heterocycles. The van der Waals surface area contributed by atoms with Crippen molar-refractivity contribution in [2.24, 2.45) is 0 Å². The van der Waals surface area contributed by atoms with Crippen molar-refractivity contribution >= 4 is 0 Å². The smallest absolute Gasteiger partial charge is 0.0639 e. The van der Waals surface area contributed by atoms with Crippen LogP contribution in [0.15, 0.2) is 0 Å².